The molecule has 1 heterocycles. The molecule has 0 bridgehead atoms. The van der Waals surface area contributed by atoms with Gasteiger partial charge in [0.1, 0.15) is 10.8 Å². The van der Waals surface area contributed by atoms with Crippen LogP contribution in [0.4, 0.5) is 10.1 Å². The van der Waals surface area contributed by atoms with E-state index < -0.39 is 16.0 Å². The molecule has 0 saturated carbocycles. The van der Waals surface area contributed by atoms with Crippen molar-refractivity contribution >= 4 is 33.0 Å². The number of ether oxygens (including phenoxy) is 1. The molecule has 140 valence electrons. The van der Waals surface area contributed by atoms with Gasteiger partial charge in [0.2, 0.25) is 0 Å². The van der Waals surface area contributed by atoms with Crippen molar-refractivity contribution in [1.29, 1.82) is 0 Å². The second-order valence-corrected chi connectivity index (χ2v) is 8.56. The molecule has 27 heavy (non-hydrogen) atoms. The van der Waals surface area contributed by atoms with E-state index >= 15 is 0 Å². The summed E-state index contributed by atoms with van der Waals surface area (Å²) in [5.41, 5.74) is 1.88. The van der Waals surface area contributed by atoms with Crippen molar-refractivity contribution in [2.75, 3.05) is 11.8 Å². The first-order valence-electron chi connectivity index (χ1n) is 7.74. The first-order chi connectivity index (χ1) is 12.8. The monoisotopic (exact) mass is 406 g/mol. The lowest BCUT2D eigenvalue weighted by molar-refractivity contribution is 0.0600. The number of aryl methyl sites for hydroxylation is 1. The minimum Gasteiger partial charge on any atom is -0.465 e. The minimum absolute atomic E-state index is 0.0246. The van der Waals surface area contributed by atoms with Gasteiger partial charge in [-0.1, -0.05) is 0 Å². The molecular weight excluding hydrogens is 391 g/mol. The van der Waals surface area contributed by atoms with Gasteiger partial charge in [0.25, 0.3) is 10.0 Å². The van der Waals surface area contributed by atoms with Gasteiger partial charge in [-0.2, -0.15) is 0 Å². The Bertz CT molecular complexity index is 1090. The third kappa shape index (κ3) is 4.15. The van der Waals surface area contributed by atoms with Gasteiger partial charge < -0.3 is 4.74 Å². The molecule has 1 N–H and O–H groups in total. The van der Waals surface area contributed by atoms with Crippen molar-refractivity contribution in [1.82, 2.24) is 4.98 Å². The zero-order chi connectivity index (χ0) is 19.6. The van der Waals surface area contributed by atoms with Crippen LogP contribution in [-0.4, -0.2) is 26.5 Å². The van der Waals surface area contributed by atoms with Crippen LogP contribution < -0.4 is 4.72 Å². The molecule has 6 nitrogen and oxygen atoms in total. The molecule has 0 unspecified atom stereocenters. The van der Waals surface area contributed by atoms with Gasteiger partial charge in [-0.15, -0.1) is 11.3 Å². The molecule has 0 saturated heterocycles. The van der Waals surface area contributed by atoms with Crippen molar-refractivity contribution in [3.05, 3.63) is 65.6 Å². The van der Waals surface area contributed by atoms with E-state index in [4.69, 9.17) is 0 Å². The number of benzene rings is 2. The van der Waals surface area contributed by atoms with E-state index in [1.807, 2.05) is 0 Å². The molecule has 0 aliphatic heterocycles. The number of esters is 1. The molecule has 1 aromatic heterocycles. The third-order valence-electron chi connectivity index (χ3n) is 3.72. The van der Waals surface area contributed by atoms with Crippen LogP contribution in [0, 0.1) is 12.7 Å². The van der Waals surface area contributed by atoms with E-state index in [9.17, 15) is 17.6 Å². The highest BCUT2D eigenvalue weighted by molar-refractivity contribution is 7.94. The van der Waals surface area contributed by atoms with Gasteiger partial charge in [0.05, 0.1) is 18.9 Å². The van der Waals surface area contributed by atoms with Crippen molar-refractivity contribution in [2.45, 2.75) is 11.1 Å². The maximum absolute atomic E-state index is 13.0. The van der Waals surface area contributed by atoms with Crippen molar-refractivity contribution in [2.24, 2.45) is 0 Å². The molecule has 3 rings (SSSR count). The number of methoxy groups -OCH3 is 1. The standard InChI is InChI=1S/C18H15FN2O4S2/c1-11-9-14(7-8-15(11)18(22)25-2)21-27(23,24)16-10-20-17(26-16)12-3-5-13(19)6-4-12/h3-10,21H,1-2H3. The molecule has 3 aromatic rings. The predicted octanol–water partition coefficient (Wildman–Crippen LogP) is 3.85. The van der Waals surface area contributed by atoms with Crippen LogP contribution >= 0.6 is 11.3 Å². The van der Waals surface area contributed by atoms with Gasteiger partial charge in [-0.05, 0) is 55.0 Å². The van der Waals surface area contributed by atoms with E-state index in [1.54, 1.807) is 13.0 Å². The summed E-state index contributed by atoms with van der Waals surface area (Å²) in [5, 5.41) is 0.465. The third-order valence-corrected chi connectivity index (χ3v) is 6.61. The second-order valence-electron chi connectivity index (χ2n) is 5.62. The fraction of sp³-hybridized carbons (Fsp3) is 0.111. The molecule has 0 amide bonds. The van der Waals surface area contributed by atoms with E-state index in [1.165, 1.54) is 49.7 Å². The SMILES string of the molecule is COC(=O)c1ccc(NS(=O)(=O)c2cnc(-c3ccc(F)cc3)s2)cc1C. The number of nitrogens with zero attached hydrogens (tertiary/aromatic N) is 1. The molecule has 0 fully saturated rings. The van der Waals surface area contributed by atoms with Crippen molar-refractivity contribution in [3.63, 3.8) is 0 Å². The Morgan fingerprint density at radius 1 is 1.19 bits per heavy atom. The van der Waals surface area contributed by atoms with Gasteiger partial charge in [0.15, 0.2) is 4.21 Å². The Kier molecular flexibility index (Phi) is 5.24. The molecule has 0 atom stereocenters. The van der Waals surface area contributed by atoms with E-state index in [-0.39, 0.29) is 10.0 Å². The van der Waals surface area contributed by atoms with Crippen LogP contribution in [-0.2, 0) is 14.8 Å². The molecule has 2 aromatic carbocycles. The van der Waals surface area contributed by atoms with E-state index in [0.29, 0.717) is 27.4 Å². The summed E-state index contributed by atoms with van der Waals surface area (Å²) >= 11 is 0.976. The number of sulfonamides is 1. The molecule has 0 radical (unpaired) electrons. The van der Waals surface area contributed by atoms with Crippen LogP contribution in [0.3, 0.4) is 0 Å². The second kappa shape index (κ2) is 7.45. The maximum atomic E-state index is 13.0. The van der Waals surface area contributed by atoms with Gasteiger partial charge in [0, 0.05) is 11.3 Å². The average molecular weight is 406 g/mol. The highest BCUT2D eigenvalue weighted by Gasteiger charge is 2.19. The zero-order valence-electron chi connectivity index (χ0n) is 14.4. The number of aromatic nitrogens is 1. The average Bonchev–Trinajstić information content (AvgIpc) is 3.12. The smallest absolute Gasteiger partial charge is 0.338 e. The van der Waals surface area contributed by atoms with E-state index in [0.717, 1.165) is 11.3 Å². The zero-order valence-corrected chi connectivity index (χ0v) is 16.0. The number of halogens is 1. The summed E-state index contributed by atoms with van der Waals surface area (Å²) in [4.78, 5) is 15.7. The highest BCUT2D eigenvalue weighted by atomic mass is 32.2. The van der Waals surface area contributed by atoms with Crippen LogP contribution in [0.2, 0.25) is 0 Å². The molecule has 0 aliphatic carbocycles. The Balaban J connectivity index is 1.84. The van der Waals surface area contributed by atoms with Crippen molar-refractivity contribution < 1.29 is 22.3 Å². The maximum Gasteiger partial charge on any atom is 0.338 e. The number of rotatable bonds is 5. The number of hydrogen-bond acceptors (Lipinski definition) is 6. The summed E-state index contributed by atoms with van der Waals surface area (Å²) in [7, 11) is -2.57. The largest absolute Gasteiger partial charge is 0.465 e. The molecule has 0 aliphatic rings. The van der Waals surface area contributed by atoms with Crippen LogP contribution in [0.1, 0.15) is 15.9 Å². The Morgan fingerprint density at radius 3 is 2.52 bits per heavy atom. The minimum atomic E-state index is -3.85. The highest BCUT2D eigenvalue weighted by Crippen LogP contribution is 2.29. The number of carbonyl (C=O) groups is 1. The summed E-state index contributed by atoms with van der Waals surface area (Å²) in [6.07, 6.45) is 1.25. The normalized spacial score (nSPS) is 11.2. The number of hydrogen-bond donors (Lipinski definition) is 1. The Hall–Kier alpha value is -2.78. The van der Waals surface area contributed by atoms with Crippen LogP contribution in [0.25, 0.3) is 10.6 Å². The summed E-state index contributed by atoms with van der Waals surface area (Å²) in [6, 6.07) is 10.2. The molecule has 9 heteroatoms. The quantitative estimate of drug-likeness (QED) is 0.651. The summed E-state index contributed by atoms with van der Waals surface area (Å²) in [5.74, 6) is -0.871. The first kappa shape index (κ1) is 19.0. The number of anilines is 1. The van der Waals surface area contributed by atoms with E-state index in [2.05, 4.69) is 14.4 Å². The summed E-state index contributed by atoms with van der Waals surface area (Å²) in [6.45, 7) is 1.68. The van der Waals surface area contributed by atoms with Crippen LogP contribution in [0.15, 0.2) is 52.9 Å². The van der Waals surface area contributed by atoms with Gasteiger partial charge in [-0.3, -0.25) is 4.72 Å². The Labute approximate surface area is 159 Å². The Morgan fingerprint density at radius 2 is 1.89 bits per heavy atom. The van der Waals surface area contributed by atoms with Crippen molar-refractivity contribution in [3.8, 4) is 10.6 Å². The first-order valence-corrected chi connectivity index (χ1v) is 10.0. The predicted molar refractivity (Wildman–Crippen MR) is 101 cm³/mol. The molecular formula is C18H15FN2O4S2. The number of nitrogens with one attached hydrogen (secondary N) is 1. The fourth-order valence-corrected chi connectivity index (χ4v) is 4.57. The number of carbonyl (C=O) groups excluding carboxylic acids is 1. The van der Waals surface area contributed by atoms with Gasteiger partial charge >= 0.3 is 5.97 Å². The lowest BCUT2D eigenvalue weighted by Crippen LogP contribution is -2.12. The fourth-order valence-electron chi connectivity index (χ4n) is 2.38. The van der Waals surface area contributed by atoms with Crippen LogP contribution in [0.5, 0.6) is 0 Å². The summed E-state index contributed by atoms with van der Waals surface area (Å²) < 4.78 is 45.4. The lowest BCUT2D eigenvalue weighted by Gasteiger charge is -2.09. The van der Waals surface area contributed by atoms with Gasteiger partial charge in [-0.25, -0.2) is 22.6 Å². The lowest BCUT2D eigenvalue weighted by atomic mass is 10.1. The molecule has 0 spiro atoms. The number of thiazole rings is 1. The topological polar surface area (TPSA) is 85.4 Å².